The minimum atomic E-state index is -1.32. The number of carbonyl (C=O) groups is 3. The molecule has 3 fully saturated rings. The molecular weight excluding hydrogens is 533 g/mol. The minimum absolute atomic E-state index is 0.0402. The predicted molar refractivity (Wildman–Crippen MR) is 149 cm³/mol. The largest absolute Gasteiger partial charge is 0.359 e. The number of likely N-dealkylation sites (tertiary alicyclic amines) is 1. The van der Waals surface area contributed by atoms with Crippen LogP contribution in [0.3, 0.4) is 0 Å². The number of nitrogens with zero attached hydrogens (tertiary/aromatic N) is 1. The standard InChI is InChI=1S/C31H33ClFN3O4/c1-17-7-5-12-23(18(17)2)35-29(38)27-31-14-13-24(40-31)25(28(37)34-21-10-6-9-20(32)15-21)26(31)30(39)36(27)16-19-8-3-4-11-22(19)33/h3-4,6,8-11,13-15,17-18,23-27H,5,7,12,16H2,1-2H3,(H,34,37)(H,35,38)/t17-,18-,23+,24+,25-,26+,27+,31+/m1/s1. The number of halogens is 2. The van der Waals surface area contributed by atoms with Crippen molar-refractivity contribution in [2.75, 3.05) is 5.32 Å². The summed E-state index contributed by atoms with van der Waals surface area (Å²) in [5.41, 5.74) is -0.526. The van der Waals surface area contributed by atoms with E-state index in [4.69, 9.17) is 16.3 Å². The molecule has 0 aromatic heterocycles. The van der Waals surface area contributed by atoms with Crippen molar-refractivity contribution in [3.8, 4) is 0 Å². The number of hydrogen-bond acceptors (Lipinski definition) is 4. The van der Waals surface area contributed by atoms with Gasteiger partial charge in [0.15, 0.2) is 0 Å². The molecule has 1 spiro atoms. The van der Waals surface area contributed by atoms with E-state index in [0.717, 1.165) is 19.3 Å². The highest BCUT2D eigenvalue weighted by Crippen LogP contribution is 2.55. The van der Waals surface area contributed by atoms with E-state index < -0.39 is 47.2 Å². The van der Waals surface area contributed by atoms with Crippen LogP contribution in [0.4, 0.5) is 10.1 Å². The lowest BCUT2D eigenvalue weighted by Gasteiger charge is -2.38. The summed E-state index contributed by atoms with van der Waals surface area (Å²) in [7, 11) is 0. The Bertz CT molecular complexity index is 1380. The zero-order valence-corrected chi connectivity index (χ0v) is 23.2. The summed E-state index contributed by atoms with van der Waals surface area (Å²) in [6.45, 7) is 4.22. The van der Waals surface area contributed by atoms with Gasteiger partial charge in [-0.1, -0.05) is 74.7 Å². The molecule has 2 aromatic rings. The molecule has 0 unspecified atom stereocenters. The molecule has 2 N–H and O–H groups in total. The number of ether oxygens (including phenoxy) is 1. The Kier molecular flexibility index (Phi) is 6.95. The van der Waals surface area contributed by atoms with Gasteiger partial charge in [-0.3, -0.25) is 14.4 Å². The minimum Gasteiger partial charge on any atom is -0.359 e. The van der Waals surface area contributed by atoms with Crippen molar-refractivity contribution >= 4 is 35.0 Å². The first-order valence-corrected chi connectivity index (χ1v) is 14.4. The van der Waals surface area contributed by atoms with Crippen LogP contribution in [0, 0.1) is 29.5 Å². The molecule has 2 aromatic carbocycles. The number of rotatable bonds is 6. The molecule has 4 aliphatic rings. The zero-order chi connectivity index (χ0) is 28.2. The lowest BCUT2D eigenvalue weighted by atomic mass is 9.73. The van der Waals surface area contributed by atoms with Crippen LogP contribution >= 0.6 is 11.6 Å². The maximum atomic E-state index is 14.8. The molecule has 6 rings (SSSR count). The molecule has 2 saturated heterocycles. The average molecular weight is 566 g/mol. The van der Waals surface area contributed by atoms with E-state index in [1.807, 2.05) is 0 Å². The van der Waals surface area contributed by atoms with Crippen LogP contribution in [0.1, 0.15) is 38.7 Å². The first-order valence-electron chi connectivity index (χ1n) is 14.0. The lowest BCUT2D eigenvalue weighted by molar-refractivity contribution is -0.142. The highest BCUT2D eigenvalue weighted by molar-refractivity contribution is 6.30. The fourth-order valence-corrected chi connectivity index (χ4v) is 7.28. The third kappa shape index (κ3) is 4.41. The second-order valence-corrected chi connectivity index (χ2v) is 12.1. The van der Waals surface area contributed by atoms with Gasteiger partial charge in [0.05, 0.1) is 17.9 Å². The Morgan fingerprint density at radius 2 is 1.93 bits per heavy atom. The molecule has 2 bridgehead atoms. The van der Waals surface area contributed by atoms with E-state index in [-0.39, 0.29) is 24.4 Å². The first-order chi connectivity index (χ1) is 19.2. The molecule has 3 heterocycles. The van der Waals surface area contributed by atoms with Crippen LogP contribution in [-0.2, 0) is 25.7 Å². The van der Waals surface area contributed by atoms with Gasteiger partial charge in [-0.15, -0.1) is 0 Å². The molecular formula is C31H33ClFN3O4. The summed E-state index contributed by atoms with van der Waals surface area (Å²) < 4.78 is 21.2. The molecule has 3 aliphatic heterocycles. The summed E-state index contributed by atoms with van der Waals surface area (Å²) in [6, 6.07) is 11.9. The van der Waals surface area contributed by atoms with Crippen LogP contribution in [0.5, 0.6) is 0 Å². The summed E-state index contributed by atoms with van der Waals surface area (Å²) >= 11 is 6.10. The van der Waals surface area contributed by atoms with E-state index in [2.05, 4.69) is 24.5 Å². The maximum Gasteiger partial charge on any atom is 0.246 e. The van der Waals surface area contributed by atoms with Crippen LogP contribution in [-0.4, -0.2) is 46.4 Å². The maximum absolute atomic E-state index is 14.8. The van der Waals surface area contributed by atoms with Gasteiger partial charge >= 0.3 is 0 Å². The van der Waals surface area contributed by atoms with Gasteiger partial charge in [0.1, 0.15) is 17.5 Å². The highest BCUT2D eigenvalue weighted by atomic mass is 35.5. The zero-order valence-electron chi connectivity index (χ0n) is 22.5. The monoisotopic (exact) mass is 565 g/mol. The van der Waals surface area contributed by atoms with Crippen molar-refractivity contribution in [2.24, 2.45) is 23.7 Å². The van der Waals surface area contributed by atoms with Crippen LogP contribution in [0.15, 0.2) is 60.7 Å². The smallest absolute Gasteiger partial charge is 0.246 e. The summed E-state index contributed by atoms with van der Waals surface area (Å²) in [6.07, 6.45) is 5.85. The molecule has 210 valence electrons. The van der Waals surface area contributed by atoms with E-state index in [9.17, 15) is 18.8 Å². The Morgan fingerprint density at radius 3 is 2.70 bits per heavy atom. The van der Waals surface area contributed by atoms with Crippen LogP contribution in [0.2, 0.25) is 5.02 Å². The van der Waals surface area contributed by atoms with Gasteiger partial charge in [0.25, 0.3) is 0 Å². The van der Waals surface area contributed by atoms with Gasteiger partial charge < -0.3 is 20.3 Å². The van der Waals surface area contributed by atoms with Crippen molar-refractivity contribution in [1.82, 2.24) is 10.2 Å². The van der Waals surface area contributed by atoms with E-state index in [0.29, 0.717) is 22.2 Å². The van der Waals surface area contributed by atoms with Crippen molar-refractivity contribution in [3.05, 3.63) is 77.1 Å². The Labute approximate surface area is 238 Å². The van der Waals surface area contributed by atoms with Crippen molar-refractivity contribution in [3.63, 3.8) is 0 Å². The van der Waals surface area contributed by atoms with E-state index in [1.165, 1.54) is 11.0 Å². The molecule has 9 heteroatoms. The van der Waals surface area contributed by atoms with E-state index >= 15 is 0 Å². The second-order valence-electron chi connectivity index (χ2n) is 11.6. The van der Waals surface area contributed by atoms with Gasteiger partial charge in [-0.2, -0.15) is 0 Å². The van der Waals surface area contributed by atoms with Gasteiger partial charge in [0.2, 0.25) is 17.7 Å². The van der Waals surface area contributed by atoms with Gasteiger partial charge in [-0.05, 0) is 42.5 Å². The average Bonchev–Trinajstić information content (AvgIpc) is 3.55. The normalized spacial score (nSPS) is 34.1. The van der Waals surface area contributed by atoms with Crippen molar-refractivity contribution < 1.29 is 23.5 Å². The molecule has 40 heavy (non-hydrogen) atoms. The van der Waals surface area contributed by atoms with Crippen molar-refractivity contribution in [2.45, 2.75) is 63.4 Å². The SMILES string of the molecule is C[C@@H]1[C@H](C)CCC[C@@H]1NC(=O)[C@@H]1N(Cc2ccccc2F)C(=O)[C@@H]2[C@H](C(=O)Nc3cccc(Cl)c3)[C@@H]3C=C[C@]21O3. The third-order valence-corrected chi connectivity index (χ3v) is 9.59. The summed E-state index contributed by atoms with van der Waals surface area (Å²) in [4.78, 5) is 43.2. The van der Waals surface area contributed by atoms with Gasteiger partial charge in [-0.25, -0.2) is 4.39 Å². The number of carbonyl (C=O) groups excluding carboxylic acids is 3. The lowest BCUT2D eigenvalue weighted by Crippen LogP contribution is -2.57. The Balaban J connectivity index is 1.34. The Hall–Kier alpha value is -3.23. The quantitative estimate of drug-likeness (QED) is 0.497. The summed E-state index contributed by atoms with van der Waals surface area (Å²) in [5.74, 6) is -2.63. The fourth-order valence-electron chi connectivity index (χ4n) is 7.09. The number of benzene rings is 2. The number of hydrogen-bond donors (Lipinski definition) is 2. The summed E-state index contributed by atoms with van der Waals surface area (Å²) in [5, 5.41) is 6.55. The molecule has 0 radical (unpaired) electrons. The Morgan fingerprint density at radius 1 is 1.12 bits per heavy atom. The first kappa shape index (κ1) is 27.0. The van der Waals surface area contributed by atoms with E-state index in [1.54, 1.807) is 54.6 Å². The second kappa shape index (κ2) is 10.3. The van der Waals surface area contributed by atoms with Gasteiger partial charge in [0, 0.05) is 28.9 Å². The molecule has 8 atom stereocenters. The number of nitrogens with one attached hydrogen (secondary N) is 2. The van der Waals surface area contributed by atoms with Crippen molar-refractivity contribution in [1.29, 1.82) is 0 Å². The number of fused-ring (bicyclic) bond motifs is 1. The fraction of sp³-hybridized carbons (Fsp3) is 0.452. The number of amides is 3. The molecule has 1 aliphatic carbocycles. The highest BCUT2D eigenvalue weighted by Gasteiger charge is 2.72. The van der Waals surface area contributed by atoms with Crippen LogP contribution in [0.25, 0.3) is 0 Å². The molecule has 1 saturated carbocycles. The predicted octanol–water partition coefficient (Wildman–Crippen LogP) is 4.71. The molecule has 3 amide bonds. The number of anilines is 1. The topological polar surface area (TPSA) is 87.7 Å². The van der Waals surface area contributed by atoms with Crippen LogP contribution < -0.4 is 10.6 Å². The molecule has 7 nitrogen and oxygen atoms in total. The third-order valence-electron chi connectivity index (χ3n) is 9.35.